The fourth-order valence-electron chi connectivity index (χ4n) is 1.91. The Bertz CT molecular complexity index is 723. The molecule has 2 aromatic heterocycles. The lowest BCUT2D eigenvalue weighted by Crippen LogP contribution is -1.89. The second-order valence-corrected chi connectivity index (χ2v) is 4.34. The Morgan fingerprint density at radius 3 is 2.60 bits per heavy atom. The first-order valence-corrected chi connectivity index (χ1v) is 6.17. The average Bonchev–Trinajstić information content (AvgIpc) is 2.98. The largest absolute Gasteiger partial charge is 0.496 e. The SMILES string of the molecule is COc1cc(-c2noc(-c3ccncc3)n2)ccc1C. The van der Waals surface area contributed by atoms with Crippen LogP contribution < -0.4 is 4.74 Å². The fourth-order valence-corrected chi connectivity index (χ4v) is 1.91. The second-order valence-electron chi connectivity index (χ2n) is 4.34. The molecule has 0 spiro atoms. The number of nitrogens with zero attached hydrogens (tertiary/aromatic N) is 3. The van der Waals surface area contributed by atoms with E-state index >= 15 is 0 Å². The van der Waals surface area contributed by atoms with Crippen LogP contribution in [0, 0.1) is 6.92 Å². The molecule has 0 saturated carbocycles. The van der Waals surface area contributed by atoms with E-state index in [1.54, 1.807) is 19.5 Å². The molecule has 2 heterocycles. The van der Waals surface area contributed by atoms with Gasteiger partial charge in [-0.2, -0.15) is 4.98 Å². The van der Waals surface area contributed by atoms with Gasteiger partial charge in [-0.05, 0) is 30.7 Å². The van der Waals surface area contributed by atoms with Crippen LogP contribution in [0.3, 0.4) is 0 Å². The summed E-state index contributed by atoms with van der Waals surface area (Å²) in [5.74, 6) is 1.81. The number of pyridine rings is 1. The monoisotopic (exact) mass is 267 g/mol. The molecule has 0 N–H and O–H groups in total. The van der Waals surface area contributed by atoms with Crippen molar-refractivity contribution in [2.45, 2.75) is 6.92 Å². The van der Waals surface area contributed by atoms with Gasteiger partial charge in [-0.1, -0.05) is 17.3 Å². The van der Waals surface area contributed by atoms with E-state index in [4.69, 9.17) is 9.26 Å². The minimum absolute atomic E-state index is 0.474. The van der Waals surface area contributed by atoms with Gasteiger partial charge in [0.1, 0.15) is 5.75 Å². The van der Waals surface area contributed by atoms with Gasteiger partial charge in [0.05, 0.1) is 7.11 Å². The Morgan fingerprint density at radius 1 is 1.05 bits per heavy atom. The Kier molecular flexibility index (Phi) is 3.16. The van der Waals surface area contributed by atoms with Gasteiger partial charge in [0.2, 0.25) is 5.82 Å². The van der Waals surface area contributed by atoms with E-state index in [9.17, 15) is 0 Å². The van der Waals surface area contributed by atoms with Crippen molar-refractivity contribution in [2.75, 3.05) is 7.11 Å². The second kappa shape index (κ2) is 5.13. The number of methoxy groups -OCH3 is 1. The van der Waals surface area contributed by atoms with E-state index in [1.165, 1.54) is 0 Å². The van der Waals surface area contributed by atoms with Gasteiger partial charge in [0, 0.05) is 23.5 Å². The number of hydrogen-bond acceptors (Lipinski definition) is 5. The molecule has 0 fully saturated rings. The van der Waals surface area contributed by atoms with E-state index in [2.05, 4.69) is 15.1 Å². The van der Waals surface area contributed by atoms with Gasteiger partial charge in [-0.25, -0.2) is 0 Å². The molecule has 0 atom stereocenters. The summed E-state index contributed by atoms with van der Waals surface area (Å²) >= 11 is 0. The normalized spacial score (nSPS) is 10.5. The van der Waals surface area contributed by atoms with Gasteiger partial charge in [0.25, 0.3) is 5.89 Å². The van der Waals surface area contributed by atoms with Gasteiger partial charge in [-0.15, -0.1) is 0 Å². The zero-order valence-electron chi connectivity index (χ0n) is 11.2. The van der Waals surface area contributed by atoms with Crippen LogP contribution in [0.2, 0.25) is 0 Å². The van der Waals surface area contributed by atoms with Gasteiger partial charge in [0.15, 0.2) is 0 Å². The van der Waals surface area contributed by atoms with Crippen LogP contribution in [0.15, 0.2) is 47.2 Å². The first-order valence-electron chi connectivity index (χ1n) is 6.17. The molecular formula is C15H13N3O2. The lowest BCUT2D eigenvalue weighted by atomic mass is 10.1. The molecular weight excluding hydrogens is 254 g/mol. The summed E-state index contributed by atoms with van der Waals surface area (Å²) in [5.41, 5.74) is 2.77. The summed E-state index contributed by atoms with van der Waals surface area (Å²) in [6, 6.07) is 9.46. The highest BCUT2D eigenvalue weighted by Gasteiger charge is 2.11. The summed E-state index contributed by atoms with van der Waals surface area (Å²) < 4.78 is 10.6. The predicted octanol–water partition coefficient (Wildman–Crippen LogP) is 3.12. The molecule has 0 aliphatic rings. The lowest BCUT2D eigenvalue weighted by molar-refractivity contribution is 0.411. The van der Waals surface area contributed by atoms with Crippen LogP contribution in [-0.2, 0) is 0 Å². The van der Waals surface area contributed by atoms with Crippen molar-refractivity contribution >= 4 is 0 Å². The molecule has 1 aromatic carbocycles. The van der Waals surface area contributed by atoms with Crippen molar-refractivity contribution in [3.8, 4) is 28.6 Å². The van der Waals surface area contributed by atoms with E-state index in [0.717, 1.165) is 22.4 Å². The van der Waals surface area contributed by atoms with E-state index in [-0.39, 0.29) is 0 Å². The van der Waals surface area contributed by atoms with Crippen LogP contribution in [0.4, 0.5) is 0 Å². The molecule has 0 bridgehead atoms. The standard InChI is InChI=1S/C15H13N3O2/c1-10-3-4-12(9-13(10)19-2)14-17-15(20-18-14)11-5-7-16-8-6-11/h3-9H,1-2H3. The molecule has 0 saturated heterocycles. The van der Waals surface area contributed by atoms with Gasteiger partial charge in [-0.3, -0.25) is 4.98 Å². The zero-order valence-corrected chi connectivity index (χ0v) is 11.2. The third kappa shape index (κ3) is 2.25. The molecule has 0 unspecified atom stereocenters. The quantitative estimate of drug-likeness (QED) is 0.729. The summed E-state index contributed by atoms with van der Waals surface area (Å²) in [7, 11) is 1.64. The minimum atomic E-state index is 0.474. The number of rotatable bonds is 3. The van der Waals surface area contributed by atoms with Crippen molar-refractivity contribution in [3.63, 3.8) is 0 Å². The van der Waals surface area contributed by atoms with Crippen molar-refractivity contribution < 1.29 is 9.26 Å². The number of benzene rings is 1. The molecule has 0 amide bonds. The highest BCUT2D eigenvalue weighted by molar-refractivity contribution is 5.61. The zero-order chi connectivity index (χ0) is 13.9. The van der Waals surface area contributed by atoms with Crippen LogP contribution >= 0.6 is 0 Å². The Morgan fingerprint density at radius 2 is 1.85 bits per heavy atom. The summed E-state index contributed by atoms with van der Waals surface area (Å²) in [4.78, 5) is 8.36. The number of hydrogen-bond donors (Lipinski definition) is 0. The maximum Gasteiger partial charge on any atom is 0.258 e. The first-order chi connectivity index (χ1) is 9.78. The maximum atomic E-state index is 5.30. The van der Waals surface area contributed by atoms with Crippen LogP contribution in [-0.4, -0.2) is 22.2 Å². The topological polar surface area (TPSA) is 61.0 Å². The number of ether oxygens (including phenoxy) is 1. The summed E-state index contributed by atoms with van der Waals surface area (Å²) in [6.07, 6.45) is 3.38. The molecule has 0 aliphatic carbocycles. The molecule has 5 heteroatoms. The van der Waals surface area contributed by atoms with Crippen molar-refractivity contribution in [1.29, 1.82) is 0 Å². The highest BCUT2D eigenvalue weighted by Crippen LogP contribution is 2.26. The van der Waals surface area contributed by atoms with E-state index in [0.29, 0.717) is 11.7 Å². The van der Waals surface area contributed by atoms with Gasteiger partial charge >= 0.3 is 0 Å². The molecule has 20 heavy (non-hydrogen) atoms. The molecule has 5 nitrogen and oxygen atoms in total. The summed E-state index contributed by atoms with van der Waals surface area (Å²) in [5, 5.41) is 4.01. The van der Waals surface area contributed by atoms with Crippen molar-refractivity contribution in [1.82, 2.24) is 15.1 Å². The first kappa shape index (κ1) is 12.3. The third-order valence-electron chi connectivity index (χ3n) is 3.02. The van der Waals surface area contributed by atoms with Crippen LogP contribution in [0.25, 0.3) is 22.8 Å². The minimum Gasteiger partial charge on any atom is -0.496 e. The van der Waals surface area contributed by atoms with Crippen LogP contribution in [0.1, 0.15) is 5.56 Å². The molecule has 0 radical (unpaired) electrons. The van der Waals surface area contributed by atoms with Crippen molar-refractivity contribution in [2.24, 2.45) is 0 Å². The molecule has 3 aromatic rings. The highest BCUT2D eigenvalue weighted by atomic mass is 16.5. The fraction of sp³-hybridized carbons (Fsp3) is 0.133. The Hall–Kier alpha value is -2.69. The van der Waals surface area contributed by atoms with Crippen LogP contribution in [0.5, 0.6) is 5.75 Å². The Balaban J connectivity index is 1.98. The number of aryl methyl sites for hydroxylation is 1. The molecule has 100 valence electrons. The lowest BCUT2D eigenvalue weighted by Gasteiger charge is -2.04. The maximum absolute atomic E-state index is 5.30. The number of aromatic nitrogens is 3. The molecule has 3 rings (SSSR count). The van der Waals surface area contributed by atoms with E-state index in [1.807, 2.05) is 37.3 Å². The summed E-state index contributed by atoms with van der Waals surface area (Å²) in [6.45, 7) is 1.99. The smallest absolute Gasteiger partial charge is 0.258 e. The van der Waals surface area contributed by atoms with E-state index < -0.39 is 0 Å². The van der Waals surface area contributed by atoms with Gasteiger partial charge < -0.3 is 9.26 Å². The third-order valence-corrected chi connectivity index (χ3v) is 3.02. The predicted molar refractivity (Wildman–Crippen MR) is 74.3 cm³/mol. The van der Waals surface area contributed by atoms with Crippen molar-refractivity contribution in [3.05, 3.63) is 48.3 Å². The Labute approximate surface area is 116 Å². The average molecular weight is 267 g/mol. The molecule has 0 aliphatic heterocycles.